The van der Waals surface area contributed by atoms with Crippen molar-refractivity contribution in [2.24, 2.45) is 0 Å². The van der Waals surface area contributed by atoms with Gasteiger partial charge in [0.25, 0.3) is 0 Å². The van der Waals surface area contributed by atoms with Gasteiger partial charge in [-0.15, -0.1) is 0 Å². The highest BCUT2D eigenvalue weighted by Crippen LogP contribution is 2.27. The Morgan fingerprint density at radius 2 is 2.33 bits per heavy atom. The molecule has 0 saturated carbocycles. The topological polar surface area (TPSA) is 50.8 Å². The minimum Gasteiger partial charge on any atom is -0.384 e. The molecule has 0 amide bonds. The van der Waals surface area contributed by atoms with Gasteiger partial charge in [0, 0.05) is 24.2 Å². The van der Waals surface area contributed by atoms with Gasteiger partial charge in [-0.2, -0.15) is 0 Å². The van der Waals surface area contributed by atoms with E-state index in [1.807, 2.05) is 0 Å². The fourth-order valence-electron chi connectivity index (χ4n) is 1.30. The van der Waals surface area contributed by atoms with E-state index in [0.29, 0.717) is 24.0 Å². The Balaban J connectivity index is 2.44. The largest absolute Gasteiger partial charge is 0.384 e. The molecule has 0 radical (unpaired) electrons. The summed E-state index contributed by atoms with van der Waals surface area (Å²) in [5.41, 5.74) is 0.743. The Hall–Kier alpha value is -0.650. The second-order valence-electron chi connectivity index (χ2n) is 3.03. The number of hydrogen-bond acceptors (Lipinski definition) is 3. The van der Waals surface area contributed by atoms with Crippen LogP contribution in [-0.2, 0) is 11.2 Å². The quantitative estimate of drug-likeness (QED) is 0.884. The average molecular weight is 291 g/mol. The third-order valence-corrected chi connectivity index (χ3v) is 2.91. The number of nitrogens with one attached hydrogen (secondary N) is 1. The number of aromatic nitrogens is 3. The van der Waals surface area contributed by atoms with Crippen molar-refractivity contribution in [2.45, 2.75) is 6.42 Å². The fraction of sp³-hybridized carbons (Fsp3) is 0.333. The lowest BCUT2D eigenvalue weighted by atomic mass is 10.4. The first-order chi connectivity index (χ1) is 7.22. The van der Waals surface area contributed by atoms with E-state index in [1.54, 1.807) is 13.3 Å². The van der Waals surface area contributed by atoms with Gasteiger partial charge in [0.15, 0.2) is 0 Å². The molecule has 2 aromatic rings. The smallest absolute Gasteiger partial charge is 0.143 e. The van der Waals surface area contributed by atoms with E-state index in [1.165, 1.54) is 0 Å². The zero-order chi connectivity index (χ0) is 10.8. The monoisotopic (exact) mass is 289 g/mol. The molecule has 6 heteroatoms. The standard InChI is InChI=1S/C9H9BrClN3O/c1-15-3-2-6-13-8(11)7-5(10)4-12-9(7)14-6/h4H,2-3H2,1H3,(H,12,13,14). The number of hydrogen-bond donors (Lipinski definition) is 1. The molecule has 0 aliphatic carbocycles. The summed E-state index contributed by atoms with van der Waals surface area (Å²) in [6.45, 7) is 0.587. The van der Waals surface area contributed by atoms with Gasteiger partial charge in [-0.3, -0.25) is 0 Å². The van der Waals surface area contributed by atoms with Gasteiger partial charge in [-0.1, -0.05) is 11.6 Å². The van der Waals surface area contributed by atoms with Crippen molar-refractivity contribution in [1.29, 1.82) is 0 Å². The van der Waals surface area contributed by atoms with E-state index in [2.05, 4.69) is 30.9 Å². The van der Waals surface area contributed by atoms with Gasteiger partial charge < -0.3 is 9.72 Å². The minimum absolute atomic E-state index is 0.458. The third kappa shape index (κ3) is 2.14. The van der Waals surface area contributed by atoms with E-state index >= 15 is 0 Å². The molecule has 2 rings (SSSR count). The lowest BCUT2D eigenvalue weighted by molar-refractivity contribution is 0.200. The Kier molecular flexibility index (Phi) is 3.23. The van der Waals surface area contributed by atoms with Crippen molar-refractivity contribution in [3.05, 3.63) is 21.6 Å². The molecule has 2 heterocycles. The molecular formula is C9H9BrClN3O. The van der Waals surface area contributed by atoms with Gasteiger partial charge in [-0.05, 0) is 15.9 Å². The van der Waals surface area contributed by atoms with Gasteiger partial charge in [0.1, 0.15) is 16.6 Å². The maximum atomic E-state index is 6.05. The molecule has 1 N–H and O–H groups in total. The first-order valence-corrected chi connectivity index (χ1v) is 5.57. The molecule has 2 aromatic heterocycles. The number of nitrogens with zero attached hydrogens (tertiary/aromatic N) is 2. The van der Waals surface area contributed by atoms with Gasteiger partial charge in [0.2, 0.25) is 0 Å². The Bertz CT molecular complexity index is 485. The molecule has 0 fully saturated rings. The molecule has 0 saturated heterocycles. The van der Waals surface area contributed by atoms with Crippen LogP contribution in [0.15, 0.2) is 10.7 Å². The maximum absolute atomic E-state index is 6.05. The number of fused-ring (bicyclic) bond motifs is 1. The van der Waals surface area contributed by atoms with E-state index in [-0.39, 0.29) is 0 Å². The SMILES string of the molecule is COCCc1nc(Cl)c2c(Br)c[nH]c2n1. The lowest BCUT2D eigenvalue weighted by Gasteiger charge is -2.00. The summed E-state index contributed by atoms with van der Waals surface area (Å²) < 4.78 is 5.84. The van der Waals surface area contributed by atoms with Crippen molar-refractivity contribution in [1.82, 2.24) is 15.0 Å². The van der Waals surface area contributed by atoms with Crippen molar-refractivity contribution in [3.63, 3.8) is 0 Å². The predicted octanol–water partition coefficient (Wildman–Crippen LogP) is 2.56. The lowest BCUT2D eigenvalue weighted by Crippen LogP contribution is -2.01. The van der Waals surface area contributed by atoms with Crippen LogP contribution >= 0.6 is 27.5 Å². The van der Waals surface area contributed by atoms with E-state index in [0.717, 1.165) is 15.5 Å². The zero-order valence-electron chi connectivity index (χ0n) is 8.05. The van der Waals surface area contributed by atoms with Crippen LogP contribution in [0.3, 0.4) is 0 Å². The first kappa shape index (κ1) is 10.9. The molecule has 0 atom stereocenters. The molecule has 0 aliphatic rings. The molecule has 0 bridgehead atoms. The molecule has 4 nitrogen and oxygen atoms in total. The molecule has 0 spiro atoms. The van der Waals surface area contributed by atoms with Crippen LogP contribution < -0.4 is 0 Å². The summed E-state index contributed by atoms with van der Waals surface area (Å²) in [7, 11) is 1.64. The average Bonchev–Trinajstić information content (AvgIpc) is 2.58. The number of methoxy groups -OCH3 is 1. The highest BCUT2D eigenvalue weighted by molar-refractivity contribution is 9.10. The minimum atomic E-state index is 0.458. The summed E-state index contributed by atoms with van der Waals surface area (Å²) in [5.74, 6) is 0.684. The van der Waals surface area contributed by atoms with E-state index in [4.69, 9.17) is 16.3 Å². The highest BCUT2D eigenvalue weighted by atomic mass is 79.9. The Morgan fingerprint density at radius 1 is 1.53 bits per heavy atom. The molecular weight excluding hydrogens is 281 g/mol. The zero-order valence-corrected chi connectivity index (χ0v) is 10.4. The summed E-state index contributed by atoms with van der Waals surface area (Å²) in [6, 6.07) is 0. The Morgan fingerprint density at radius 3 is 3.07 bits per heavy atom. The number of rotatable bonds is 3. The summed E-state index contributed by atoms with van der Waals surface area (Å²) in [5, 5.41) is 1.28. The van der Waals surface area contributed by atoms with Gasteiger partial charge >= 0.3 is 0 Å². The van der Waals surface area contributed by atoms with Crippen LogP contribution in [0.4, 0.5) is 0 Å². The van der Waals surface area contributed by atoms with Crippen molar-refractivity contribution >= 4 is 38.6 Å². The predicted molar refractivity (Wildman–Crippen MR) is 62.2 cm³/mol. The molecule has 0 aliphatic heterocycles. The number of ether oxygens (including phenoxy) is 1. The highest BCUT2D eigenvalue weighted by Gasteiger charge is 2.10. The molecule has 0 unspecified atom stereocenters. The van der Waals surface area contributed by atoms with Crippen molar-refractivity contribution in [3.8, 4) is 0 Å². The molecule has 0 aromatic carbocycles. The third-order valence-electron chi connectivity index (χ3n) is 2.02. The fourth-order valence-corrected chi connectivity index (χ4v) is 2.20. The summed E-state index contributed by atoms with van der Waals surface area (Å²) >= 11 is 9.42. The van der Waals surface area contributed by atoms with Crippen LogP contribution in [0.5, 0.6) is 0 Å². The second-order valence-corrected chi connectivity index (χ2v) is 4.25. The normalized spacial score (nSPS) is 11.1. The Labute approximate surface area is 100 Å². The van der Waals surface area contributed by atoms with Gasteiger partial charge in [0.05, 0.1) is 12.0 Å². The summed E-state index contributed by atoms with van der Waals surface area (Å²) in [4.78, 5) is 11.6. The second kappa shape index (κ2) is 4.47. The van der Waals surface area contributed by atoms with Crippen molar-refractivity contribution in [2.75, 3.05) is 13.7 Å². The molecule has 15 heavy (non-hydrogen) atoms. The van der Waals surface area contributed by atoms with E-state index in [9.17, 15) is 0 Å². The van der Waals surface area contributed by atoms with Gasteiger partial charge in [-0.25, -0.2) is 9.97 Å². The number of H-pyrrole nitrogens is 1. The van der Waals surface area contributed by atoms with Crippen molar-refractivity contribution < 1.29 is 4.74 Å². The van der Waals surface area contributed by atoms with E-state index < -0.39 is 0 Å². The van der Waals surface area contributed by atoms with Crippen LogP contribution in [0.1, 0.15) is 5.82 Å². The maximum Gasteiger partial charge on any atom is 0.143 e. The van der Waals surface area contributed by atoms with Crippen LogP contribution in [-0.4, -0.2) is 28.7 Å². The van der Waals surface area contributed by atoms with Crippen LogP contribution in [0.25, 0.3) is 11.0 Å². The van der Waals surface area contributed by atoms with Crippen LogP contribution in [0, 0.1) is 0 Å². The first-order valence-electron chi connectivity index (χ1n) is 4.40. The summed E-state index contributed by atoms with van der Waals surface area (Å²) in [6.07, 6.45) is 2.45. The molecule has 80 valence electrons. The van der Waals surface area contributed by atoms with Crippen LogP contribution in [0.2, 0.25) is 5.15 Å². The number of aromatic amines is 1. The number of halogens is 2.